The summed E-state index contributed by atoms with van der Waals surface area (Å²) in [6.45, 7) is 5.25. The van der Waals surface area contributed by atoms with Crippen LogP contribution in [0, 0.1) is 0 Å². The van der Waals surface area contributed by atoms with Crippen molar-refractivity contribution in [1.82, 2.24) is 4.72 Å². The van der Waals surface area contributed by atoms with Crippen molar-refractivity contribution < 1.29 is 30.8 Å². The first kappa shape index (κ1) is 15.4. The van der Waals surface area contributed by atoms with E-state index in [9.17, 15) is 30.8 Å². The van der Waals surface area contributed by atoms with E-state index in [2.05, 4.69) is 6.58 Å². The fourth-order valence-electron chi connectivity index (χ4n) is 0.164. The fraction of sp³-hybridized carbons (Fsp3) is 0.400. The molecule has 0 atom stereocenters. The molecule has 0 saturated heterocycles. The third kappa shape index (κ3) is 6.40. The van der Waals surface area contributed by atoms with E-state index in [1.807, 2.05) is 6.92 Å². The molecule has 0 aromatic carbocycles. The van der Waals surface area contributed by atoms with E-state index < -0.39 is 21.7 Å². The van der Waals surface area contributed by atoms with Gasteiger partial charge in [-0.05, 0) is 6.92 Å². The lowest BCUT2D eigenvalue weighted by molar-refractivity contribution is -0.0445. The summed E-state index contributed by atoms with van der Waals surface area (Å²) in [5.74, 6) is 0. The highest BCUT2D eigenvalue weighted by Crippen LogP contribution is 2.21. The Morgan fingerprint density at radius 2 is 1.71 bits per heavy atom. The summed E-state index contributed by atoms with van der Waals surface area (Å²) in [4.78, 5) is 9.25. The van der Waals surface area contributed by atoms with Gasteiger partial charge >= 0.3 is 21.7 Å². The summed E-state index contributed by atoms with van der Waals surface area (Å²) >= 11 is 0. The molecule has 4 nitrogen and oxygen atoms in total. The number of hydrogen-bond acceptors (Lipinski definition) is 3. The van der Waals surface area contributed by atoms with E-state index >= 15 is 0 Å². The molecular weight excluding hydrogens is 230 g/mol. The van der Waals surface area contributed by atoms with Crippen molar-refractivity contribution in [3.63, 3.8) is 0 Å². The van der Waals surface area contributed by atoms with Gasteiger partial charge in [-0.2, -0.15) is 21.6 Å². The van der Waals surface area contributed by atoms with Gasteiger partial charge in [0.1, 0.15) is 0 Å². The van der Waals surface area contributed by atoms with E-state index in [4.69, 9.17) is 0 Å². The van der Waals surface area contributed by atoms with Crippen LogP contribution >= 0.6 is 0 Å². The van der Waals surface area contributed by atoms with Gasteiger partial charge in [-0.25, -0.2) is 9.52 Å². The van der Waals surface area contributed by atoms with E-state index in [-0.39, 0.29) is 4.72 Å². The Morgan fingerprint density at radius 3 is 1.79 bits per heavy atom. The van der Waals surface area contributed by atoms with Crippen LogP contribution in [0.4, 0.5) is 22.4 Å². The molecule has 0 unspecified atom stereocenters. The highest BCUT2D eigenvalue weighted by Gasteiger charge is 2.47. The molecule has 9 heteroatoms. The molecule has 0 spiro atoms. The minimum Gasteiger partial charge on any atom is -0.233 e. The maximum absolute atomic E-state index is 11.2. The molecule has 0 radical (unpaired) electrons. The van der Waals surface area contributed by atoms with E-state index in [0.717, 1.165) is 0 Å². The van der Waals surface area contributed by atoms with Crippen molar-refractivity contribution >= 4 is 16.2 Å². The van der Waals surface area contributed by atoms with E-state index in [1.54, 1.807) is 6.08 Å². The Balaban J connectivity index is 0. The second-order valence-corrected chi connectivity index (χ2v) is 3.41. The number of rotatable bonds is 1. The van der Waals surface area contributed by atoms with Crippen LogP contribution in [0.5, 0.6) is 0 Å². The predicted octanol–water partition coefficient (Wildman–Crippen LogP) is 1.71. The zero-order valence-electron chi connectivity index (χ0n) is 6.93. The number of sulfonamides is 1. The lowest BCUT2D eigenvalue weighted by Crippen LogP contribution is -2.37. The second-order valence-electron chi connectivity index (χ2n) is 1.73. The fourth-order valence-corrected chi connectivity index (χ4v) is 0.491. The van der Waals surface area contributed by atoms with Gasteiger partial charge in [0.25, 0.3) is 0 Å². The lowest BCUT2D eigenvalue weighted by Gasteiger charge is -2.04. The van der Waals surface area contributed by atoms with Crippen LogP contribution in [-0.4, -0.2) is 20.1 Å². The summed E-state index contributed by atoms with van der Waals surface area (Å²) in [7, 11) is -5.87. The van der Waals surface area contributed by atoms with Crippen LogP contribution in [0.15, 0.2) is 12.7 Å². The SMILES string of the molecule is C=CC.O=C(F)NS(=O)(=O)C(F)(F)F. The van der Waals surface area contributed by atoms with Crippen LogP contribution in [0.25, 0.3) is 0 Å². The molecule has 0 aliphatic carbocycles. The normalized spacial score (nSPS) is 10.9. The van der Waals surface area contributed by atoms with Crippen LogP contribution in [-0.2, 0) is 10.0 Å². The Morgan fingerprint density at radius 1 is 1.43 bits per heavy atom. The smallest absolute Gasteiger partial charge is 0.233 e. The Labute approximate surface area is 77.6 Å². The van der Waals surface area contributed by atoms with Crippen LogP contribution in [0.1, 0.15) is 6.92 Å². The van der Waals surface area contributed by atoms with Crippen LogP contribution < -0.4 is 4.72 Å². The average molecular weight is 237 g/mol. The van der Waals surface area contributed by atoms with Gasteiger partial charge in [0.2, 0.25) is 0 Å². The van der Waals surface area contributed by atoms with Gasteiger partial charge in [0, 0.05) is 0 Å². The first-order valence-corrected chi connectivity index (χ1v) is 4.42. The van der Waals surface area contributed by atoms with Gasteiger partial charge < -0.3 is 0 Å². The Hall–Kier alpha value is -1.12. The molecular formula is C5H7F4NO3S. The molecule has 84 valence electrons. The summed E-state index contributed by atoms with van der Waals surface area (Å²) in [6.07, 6.45) is -1.03. The highest BCUT2D eigenvalue weighted by molar-refractivity contribution is 7.90. The number of nitrogens with one attached hydrogen (secondary N) is 1. The third-order valence-electron chi connectivity index (χ3n) is 0.519. The van der Waals surface area contributed by atoms with Crippen molar-refractivity contribution in [2.24, 2.45) is 0 Å². The molecule has 1 amide bonds. The highest BCUT2D eigenvalue weighted by atomic mass is 32.2. The quantitative estimate of drug-likeness (QED) is 0.327. The standard InChI is InChI=1S/C3H6.C2HF4NO3S/c1-3-2;3-1(8)7-11(9,10)2(4,5)6/h3H,1H2,2H3;(H,7,8). The number of halogens is 4. The first-order chi connectivity index (χ1) is 6.08. The number of alkyl halides is 3. The van der Waals surface area contributed by atoms with Crippen LogP contribution in [0.2, 0.25) is 0 Å². The average Bonchev–Trinajstić information content (AvgIpc) is 1.82. The molecule has 0 aromatic heterocycles. The van der Waals surface area contributed by atoms with Crippen molar-refractivity contribution in [3.8, 4) is 0 Å². The molecule has 0 rings (SSSR count). The number of hydrogen-bond donors (Lipinski definition) is 1. The molecule has 0 bridgehead atoms. The summed E-state index contributed by atoms with van der Waals surface area (Å²) in [5, 5.41) is 0. The molecule has 0 heterocycles. The Kier molecular flexibility index (Phi) is 6.12. The zero-order valence-corrected chi connectivity index (χ0v) is 7.75. The molecule has 0 saturated carbocycles. The summed E-state index contributed by atoms with van der Waals surface area (Å²) in [6, 6.07) is 0. The second kappa shape index (κ2) is 5.58. The van der Waals surface area contributed by atoms with Crippen LogP contribution in [0.3, 0.4) is 0 Å². The molecule has 14 heavy (non-hydrogen) atoms. The third-order valence-corrected chi connectivity index (χ3v) is 1.56. The zero-order chi connectivity index (χ0) is 12.0. The van der Waals surface area contributed by atoms with Gasteiger partial charge in [-0.15, -0.1) is 11.0 Å². The van der Waals surface area contributed by atoms with Crippen molar-refractivity contribution in [2.75, 3.05) is 0 Å². The molecule has 1 N–H and O–H groups in total. The van der Waals surface area contributed by atoms with Gasteiger partial charge in [0.05, 0.1) is 0 Å². The monoisotopic (exact) mass is 237 g/mol. The van der Waals surface area contributed by atoms with Gasteiger partial charge in [0.15, 0.2) is 0 Å². The summed E-state index contributed by atoms with van der Waals surface area (Å²) in [5.41, 5.74) is -5.67. The molecule has 0 aromatic rings. The Bertz CT molecular complexity index is 295. The lowest BCUT2D eigenvalue weighted by atomic mass is 10.8. The maximum atomic E-state index is 11.2. The number of amides is 1. The molecule has 0 aliphatic rings. The minimum absolute atomic E-state index is 0.101. The molecule has 0 aliphatic heterocycles. The summed E-state index contributed by atoms with van der Waals surface area (Å²) < 4.78 is 64.4. The van der Waals surface area contributed by atoms with Crippen molar-refractivity contribution in [3.05, 3.63) is 12.7 Å². The number of carbonyl (C=O) groups excluding carboxylic acids is 1. The molecule has 0 fully saturated rings. The van der Waals surface area contributed by atoms with E-state index in [1.165, 1.54) is 0 Å². The van der Waals surface area contributed by atoms with Gasteiger partial charge in [-0.1, -0.05) is 6.08 Å². The van der Waals surface area contributed by atoms with Crippen molar-refractivity contribution in [2.45, 2.75) is 12.4 Å². The van der Waals surface area contributed by atoms with Gasteiger partial charge in [-0.3, -0.25) is 0 Å². The minimum atomic E-state index is -5.87. The largest absolute Gasteiger partial charge is 0.516 e. The topological polar surface area (TPSA) is 63.2 Å². The number of allylic oxidation sites excluding steroid dienone is 1. The predicted molar refractivity (Wildman–Crippen MR) is 40.5 cm³/mol. The first-order valence-electron chi connectivity index (χ1n) is 2.94. The van der Waals surface area contributed by atoms with E-state index in [0.29, 0.717) is 0 Å². The number of carbonyl (C=O) groups is 1. The maximum Gasteiger partial charge on any atom is 0.516 e. The van der Waals surface area contributed by atoms with Crippen molar-refractivity contribution in [1.29, 1.82) is 0 Å².